The molecular weight excluding hydrogens is 460 g/mol. The molecule has 3 amide bonds. The zero-order chi connectivity index (χ0) is 24.4. The Balaban J connectivity index is 1.27. The van der Waals surface area contributed by atoms with E-state index in [1.807, 2.05) is 54.7 Å². The number of fused-ring (bicyclic) bond motifs is 1. The molecule has 2 saturated heterocycles. The van der Waals surface area contributed by atoms with Gasteiger partial charge in [0.05, 0.1) is 4.91 Å². The van der Waals surface area contributed by atoms with Gasteiger partial charge in [0, 0.05) is 61.1 Å². The van der Waals surface area contributed by atoms with Crippen molar-refractivity contribution in [3.8, 4) is 0 Å². The van der Waals surface area contributed by atoms with Crippen molar-refractivity contribution in [2.24, 2.45) is 0 Å². The van der Waals surface area contributed by atoms with E-state index < -0.39 is 11.1 Å². The van der Waals surface area contributed by atoms with Crippen molar-refractivity contribution in [2.75, 3.05) is 37.6 Å². The number of allylic oxidation sites excluding steroid dienone is 1. The molecule has 7 nitrogen and oxygen atoms in total. The fraction of sp³-hybridized carbons (Fsp3) is 0.222. The molecule has 178 valence electrons. The van der Waals surface area contributed by atoms with Crippen molar-refractivity contribution >= 4 is 51.5 Å². The molecule has 35 heavy (non-hydrogen) atoms. The normalized spacial score (nSPS) is 17.6. The molecule has 2 fully saturated rings. The van der Waals surface area contributed by atoms with Crippen LogP contribution in [0, 0.1) is 0 Å². The molecule has 5 rings (SSSR count). The highest BCUT2D eigenvalue weighted by Crippen LogP contribution is 2.34. The Kier molecular flexibility index (Phi) is 6.46. The number of carbonyl (C=O) groups excluding carboxylic acids is 3. The van der Waals surface area contributed by atoms with E-state index in [4.69, 9.17) is 0 Å². The van der Waals surface area contributed by atoms with E-state index in [1.54, 1.807) is 11.0 Å². The second kappa shape index (κ2) is 9.84. The first kappa shape index (κ1) is 23.0. The van der Waals surface area contributed by atoms with Crippen LogP contribution in [0.5, 0.6) is 0 Å². The Bertz CT molecular complexity index is 1320. The summed E-state index contributed by atoms with van der Waals surface area (Å²) in [4.78, 5) is 44.0. The lowest BCUT2D eigenvalue weighted by Crippen LogP contribution is -2.51. The van der Waals surface area contributed by atoms with Crippen molar-refractivity contribution in [1.82, 2.24) is 14.4 Å². The van der Waals surface area contributed by atoms with Crippen LogP contribution in [-0.4, -0.2) is 64.1 Å². The standard InChI is InChI=1S/C27H26N4O3S/c1-2-12-30-18-20(22-10-6-7-11-23(22)30)17-24-26(33)31(27(34)35-24)19-25(32)29-15-13-28(14-16-29)21-8-4-3-5-9-21/h2-11,17-18H,1,12-16,19H2. The monoisotopic (exact) mass is 486 g/mol. The van der Waals surface area contributed by atoms with Crippen molar-refractivity contribution in [3.63, 3.8) is 0 Å². The van der Waals surface area contributed by atoms with Gasteiger partial charge < -0.3 is 14.4 Å². The van der Waals surface area contributed by atoms with E-state index in [0.29, 0.717) is 37.6 Å². The number of anilines is 1. The molecule has 0 aliphatic carbocycles. The van der Waals surface area contributed by atoms with Crippen LogP contribution in [0.1, 0.15) is 5.56 Å². The van der Waals surface area contributed by atoms with Gasteiger partial charge in [0.25, 0.3) is 11.1 Å². The minimum absolute atomic E-state index is 0.205. The van der Waals surface area contributed by atoms with Gasteiger partial charge in [-0.25, -0.2) is 0 Å². The minimum atomic E-state index is -0.420. The number of benzene rings is 2. The number of hydrogen-bond acceptors (Lipinski definition) is 5. The SMILES string of the molecule is C=CCn1cc(C=C2SC(=O)N(CC(=O)N3CCN(c4ccccc4)CC3)C2=O)c2ccccc21. The molecule has 3 aromatic rings. The quantitative estimate of drug-likeness (QED) is 0.386. The smallest absolute Gasteiger partial charge is 0.294 e. The van der Waals surface area contributed by atoms with Gasteiger partial charge in [-0.2, -0.15) is 0 Å². The number of thioether (sulfide) groups is 1. The van der Waals surface area contributed by atoms with Gasteiger partial charge in [0.15, 0.2) is 0 Å². The molecule has 2 aliphatic heterocycles. The van der Waals surface area contributed by atoms with Crippen LogP contribution >= 0.6 is 11.8 Å². The highest BCUT2D eigenvalue weighted by atomic mass is 32.2. The van der Waals surface area contributed by atoms with Gasteiger partial charge in [-0.05, 0) is 36.0 Å². The van der Waals surface area contributed by atoms with Crippen LogP contribution in [0.4, 0.5) is 10.5 Å². The number of carbonyl (C=O) groups is 3. The first-order chi connectivity index (χ1) is 17.0. The topological polar surface area (TPSA) is 65.9 Å². The van der Waals surface area contributed by atoms with Crippen molar-refractivity contribution in [2.45, 2.75) is 6.54 Å². The molecule has 2 aromatic carbocycles. The minimum Gasteiger partial charge on any atom is -0.368 e. The summed E-state index contributed by atoms with van der Waals surface area (Å²) in [5.74, 6) is -0.624. The third-order valence-corrected chi connectivity index (χ3v) is 7.26. The molecule has 0 spiro atoms. The lowest BCUT2D eigenvalue weighted by Gasteiger charge is -2.36. The average molecular weight is 487 g/mol. The fourth-order valence-electron chi connectivity index (χ4n) is 4.55. The van der Waals surface area contributed by atoms with E-state index in [2.05, 4.69) is 28.2 Å². The lowest BCUT2D eigenvalue weighted by molar-refractivity contribution is -0.136. The Morgan fingerprint density at radius 1 is 0.971 bits per heavy atom. The third kappa shape index (κ3) is 4.61. The molecule has 0 radical (unpaired) electrons. The maximum Gasteiger partial charge on any atom is 0.294 e. The fourth-order valence-corrected chi connectivity index (χ4v) is 5.38. The summed E-state index contributed by atoms with van der Waals surface area (Å²) < 4.78 is 2.05. The van der Waals surface area contributed by atoms with Crippen LogP contribution in [0.15, 0.2) is 78.4 Å². The number of hydrogen-bond donors (Lipinski definition) is 0. The molecule has 2 aliphatic rings. The number of rotatable bonds is 6. The van der Waals surface area contributed by atoms with Crippen LogP contribution in [-0.2, 0) is 16.1 Å². The Morgan fingerprint density at radius 2 is 1.69 bits per heavy atom. The molecule has 0 saturated carbocycles. The number of para-hydroxylation sites is 2. The van der Waals surface area contributed by atoms with Gasteiger partial charge in [-0.3, -0.25) is 19.3 Å². The lowest BCUT2D eigenvalue weighted by atomic mass is 10.1. The molecule has 8 heteroatoms. The van der Waals surface area contributed by atoms with Crippen LogP contribution in [0.2, 0.25) is 0 Å². The van der Waals surface area contributed by atoms with Gasteiger partial charge in [0.2, 0.25) is 5.91 Å². The van der Waals surface area contributed by atoms with E-state index in [0.717, 1.165) is 38.8 Å². The van der Waals surface area contributed by atoms with E-state index in [-0.39, 0.29) is 12.5 Å². The summed E-state index contributed by atoms with van der Waals surface area (Å²) >= 11 is 0.884. The number of amides is 3. The first-order valence-corrected chi connectivity index (χ1v) is 12.4. The van der Waals surface area contributed by atoms with Gasteiger partial charge >= 0.3 is 0 Å². The first-order valence-electron chi connectivity index (χ1n) is 11.6. The molecule has 0 atom stereocenters. The Labute approximate surface area is 208 Å². The largest absolute Gasteiger partial charge is 0.368 e. The van der Waals surface area contributed by atoms with Gasteiger partial charge in [-0.15, -0.1) is 6.58 Å². The number of nitrogens with zero attached hydrogens (tertiary/aromatic N) is 4. The van der Waals surface area contributed by atoms with Crippen LogP contribution in [0.25, 0.3) is 17.0 Å². The summed E-state index contributed by atoms with van der Waals surface area (Å²) in [6.45, 7) is 6.76. The summed E-state index contributed by atoms with van der Waals surface area (Å²) in [6, 6.07) is 18.0. The maximum absolute atomic E-state index is 13.1. The number of aromatic nitrogens is 1. The second-order valence-electron chi connectivity index (χ2n) is 8.51. The molecule has 0 bridgehead atoms. The van der Waals surface area contributed by atoms with E-state index in [9.17, 15) is 14.4 Å². The third-order valence-electron chi connectivity index (χ3n) is 6.35. The van der Waals surface area contributed by atoms with Crippen LogP contribution in [0.3, 0.4) is 0 Å². The van der Waals surface area contributed by atoms with Crippen molar-refractivity contribution in [1.29, 1.82) is 0 Å². The van der Waals surface area contributed by atoms with Gasteiger partial charge in [-0.1, -0.05) is 42.5 Å². The van der Waals surface area contributed by atoms with Gasteiger partial charge in [0.1, 0.15) is 6.54 Å². The number of imide groups is 1. The summed E-state index contributed by atoms with van der Waals surface area (Å²) in [5, 5.41) is 0.584. The molecule has 0 unspecified atom stereocenters. The Hall–Kier alpha value is -3.78. The van der Waals surface area contributed by atoms with E-state index >= 15 is 0 Å². The highest BCUT2D eigenvalue weighted by molar-refractivity contribution is 8.18. The van der Waals surface area contributed by atoms with Crippen molar-refractivity contribution < 1.29 is 14.4 Å². The molecule has 3 heterocycles. The predicted molar refractivity (Wildman–Crippen MR) is 140 cm³/mol. The van der Waals surface area contributed by atoms with E-state index in [1.165, 1.54) is 0 Å². The zero-order valence-corrected chi connectivity index (χ0v) is 20.1. The summed E-state index contributed by atoms with van der Waals surface area (Å²) in [5.41, 5.74) is 3.02. The molecule has 1 aromatic heterocycles. The summed E-state index contributed by atoms with van der Waals surface area (Å²) in [6.07, 6.45) is 5.52. The zero-order valence-electron chi connectivity index (χ0n) is 19.3. The predicted octanol–water partition coefficient (Wildman–Crippen LogP) is 4.21. The molecular formula is C27H26N4O3S. The highest BCUT2D eigenvalue weighted by Gasteiger charge is 2.37. The maximum atomic E-state index is 13.1. The Morgan fingerprint density at radius 3 is 2.43 bits per heavy atom. The average Bonchev–Trinajstić information content (AvgIpc) is 3.37. The second-order valence-corrected chi connectivity index (χ2v) is 9.51. The van der Waals surface area contributed by atoms with Crippen LogP contribution < -0.4 is 4.90 Å². The summed E-state index contributed by atoms with van der Waals surface area (Å²) in [7, 11) is 0. The van der Waals surface area contributed by atoms with Crippen molar-refractivity contribution in [3.05, 3.63) is 83.9 Å². The molecule has 0 N–H and O–H groups in total. The number of piperazine rings is 1.